The third kappa shape index (κ3) is 5.85. The van der Waals surface area contributed by atoms with Crippen molar-refractivity contribution in [2.75, 3.05) is 18.4 Å². The first-order valence-electron chi connectivity index (χ1n) is 9.08. The van der Waals surface area contributed by atoms with Crippen LogP contribution in [0.1, 0.15) is 56.3 Å². The highest BCUT2D eigenvalue weighted by Gasteiger charge is 2.21. The molecule has 1 aromatic rings. The van der Waals surface area contributed by atoms with Gasteiger partial charge in [-0.3, -0.25) is 0 Å². The summed E-state index contributed by atoms with van der Waals surface area (Å²) in [5.74, 6) is -0.819. The van der Waals surface area contributed by atoms with Gasteiger partial charge in [0.05, 0.1) is 11.3 Å². The van der Waals surface area contributed by atoms with Crippen LogP contribution in [0.3, 0.4) is 0 Å². The van der Waals surface area contributed by atoms with Gasteiger partial charge in [0.1, 0.15) is 4.90 Å². The molecular formula is C19H28N2O4S. The van der Waals surface area contributed by atoms with E-state index < -0.39 is 16.0 Å². The first-order chi connectivity index (χ1) is 12.3. The van der Waals surface area contributed by atoms with E-state index in [2.05, 4.69) is 16.1 Å². The summed E-state index contributed by atoms with van der Waals surface area (Å²) in [5.41, 5.74) is 1.67. The molecular weight excluding hydrogens is 352 g/mol. The number of hydrogen-bond donors (Lipinski definition) is 3. The topological polar surface area (TPSA) is 95.5 Å². The van der Waals surface area contributed by atoms with Crippen molar-refractivity contribution in [3.63, 3.8) is 0 Å². The van der Waals surface area contributed by atoms with Crippen LogP contribution in [0, 0.1) is 5.92 Å². The molecule has 0 spiro atoms. The summed E-state index contributed by atoms with van der Waals surface area (Å²) in [7, 11) is -3.80. The summed E-state index contributed by atoms with van der Waals surface area (Å²) >= 11 is 0. The lowest BCUT2D eigenvalue weighted by atomic mass is 9.97. The Balaban J connectivity index is 2.16. The Labute approximate surface area is 155 Å². The van der Waals surface area contributed by atoms with Gasteiger partial charge in [-0.25, -0.2) is 17.9 Å². The zero-order chi connectivity index (χ0) is 19.2. The van der Waals surface area contributed by atoms with Gasteiger partial charge in [0.25, 0.3) is 0 Å². The molecule has 0 saturated heterocycles. The highest BCUT2D eigenvalue weighted by Crippen LogP contribution is 2.24. The van der Waals surface area contributed by atoms with Gasteiger partial charge in [-0.2, -0.15) is 0 Å². The molecule has 2 rings (SSSR count). The third-order valence-corrected chi connectivity index (χ3v) is 5.84. The highest BCUT2D eigenvalue weighted by atomic mass is 32.2. The Bertz CT molecular complexity index is 770. The van der Waals surface area contributed by atoms with E-state index in [-0.39, 0.29) is 10.5 Å². The van der Waals surface area contributed by atoms with Crippen LogP contribution < -0.4 is 10.0 Å². The Morgan fingerprint density at radius 1 is 1.27 bits per heavy atom. The summed E-state index contributed by atoms with van der Waals surface area (Å²) in [4.78, 5) is 11.2. The van der Waals surface area contributed by atoms with E-state index in [1.165, 1.54) is 30.2 Å². The van der Waals surface area contributed by atoms with E-state index in [0.29, 0.717) is 31.1 Å². The van der Waals surface area contributed by atoms with Crippen molar-refractivity contribution in [2.24, 2.45) is 5.92 Å². The normalized spacial score (nSPS) is 15.0. The SMILES string of the molecule is CC(C)CNc1ccc(C(=O)O)cc1S(=O)(=O)NCCC1=CCCCC1. The van der Waals surface area contributed by atoms with Gasteiger partial charge in [0.15, 0.2) is 0 Å². The van der Waals surface area contributed by atoms with Crippen LogP contribution in [-0.4, -0.2) is 32.6 Å². The molecule has 144 valence electrons. The minimum absolute atomic E-state index is 0.0179. The zero-order valence-electron chi connectivity index (χ0n) is 15.4. The smallest absolute Gasteiger partial charge is 0.335 e. The summed E-state index contributed by atoms with van der Waals surface area (Å²) in [6.45, 7) is 4.95. The van der Waals surface area contributed by atoms with Crippen LogP contribution in [0.5, 0.6) is 0 Å². The molecule has 26 heavy (non-hydrogen) atoms. The Morgan fingerprint density at radius 2 is 2.04 bits per heavy atom. The molecule has 0 fully saturated rings. The van der Waals surface area contributed by atoms with Crippen LogP contribution in [-0.2, 0) is 10.0 Å². The van der Waals surface area contributed by atoms with Crippen LogP contribution in [0.4, 0.5) is 5.69 Å². The van der Waals surface area contributed by atoms with Crippen LogP contribution in [0.15, 0.2) is 34.7 Å². The summed E-state index contributed by atoms with van der Waals surface area (Å²) in [5, 5.41) is 12.3. The molecule has 0 bridgehead atoms. The predicted molar refractivity (Wildman–Crippen MR) is 103 cm³/mol. The zero-order valence-corrected chi connectivity index (χ0v) is 16.2. The average Bonchev–Trinajstić information content (AvgIpc) is 2.60. The molecule has 0 aromatic heterocycles. The number of rotatable bonds is 9. The van der Waals surface area contributed by atoms with Gasteiger partial charge in [-0.1, -0.05) is 25.5 Å². The van der Waals surface area contributed by atoms with Crippen molar-refractivity contribution in [3.8, 4) is 0 Å². The van der Waals surface area contributed by atoms with Crippen molar-refractivity contribution in [1.29, 1.82) is 0 Å². The highest BCUT2D eigenvalue weighted by molar-refractivity contribution is 7.89. The number of aromatic carboxylic acids is 1. The second-order valence-electron chi connectivity index (χ2n) is 7.05. The number of anilines is 1. The quantitative estimate of drug-likeness (QED) is 0.569. The third-order valence-electron chi connectivity index (χ3n) is 4.34. The molecule has 0 amide bonds. The van der Waals surface area contributed by atoms with E-state index in [0.717, 1.165) is 19.3 Å². The Kier molecular flexibility index (Phi) is 7.23. The largest absolute Gasteiger partial charge is 0.478 e. The first-order valence-corrected chi connectivity index (χ1v) is 10.6. The predicted octanol–water partition coefficient (Wildman–Crippen LogP) is 3.62. The summed E-state index contributed by atoms with van der Waals surface area (Å²) in [6, 6.07) is 4.15. The molecule has 0 atom stereocenters. The molecule has 0 aliphatic heterocycles. The number of hydrogen-bond acceptors (Lipinski definition) is 4. The van der Waals surface area contributed by atoms with E-state index in [9.17, 15) is 18.3 Å². The van der Waals surface area contributed by atoms with Gasteiger partial charge in [-0.15, -0.1) is 0 Å². The first kappa shape index (κ1) is 20.5. The molecule has 3 N–H and O–H groups in total. The summed E-state index contributed by atoms with van der Waals surface area (Å²) < 4.78 is 28.1. The second kappa shape index (κ2) is 9.19. The number of nitrogens with one attached hydrogen (secondary N) is 2. The molecule has 0 radical (unpaired) electrons. The number of carboxylic acid groups (broad SMARTS) is 1. The maximum Gasteiger partial charge on any atom is 0.335 e. The lowest BCUT2D eigenvalue weighted by Gasteiger charge is -2.16. The van der Waals surface area contributed by atoms with Crippen molar-refractivity contribution in [2.45, 2.75) is 50.8 Å². The van der Waals surface area contributed by atoms with Crippen molar-refractivity contribution in [1.82, 2.24) is 4.72 Å². The van der Waals surface area contributed by atoms with Crippen LogP contribution >= 0.6 is 0 Å². The van der Waals surface area contributed by atoms with Crippen LogP contribution in [0.25, 0.3) is 0 Å². The van der Waals surface area contributed by atoms with Gasteiger partial charge in [0.2, 0.25) is 10.0 Å². The molecule has 1 aliphatic carbocycles. The summed E-state index contributed by atoms with van der Waals surface area (Å²) in [6.07, 6.45) is 7.32. The van der Waals surface area contributed by atoms with Crippen molar-refractivity contribution >= 4 is 21.7 Å². The minimum atomic E-state index is -3.80. The minimum Gasteiger partial charge on any atom is -0.478 e. The molecule has 1 aromatic carbocycles. The molecule has 0 unspecified atom stereocenters. The number of sulfonamides is 1. The molecule has 6 nitrogen and oxygen atoms in total. The molecule has 0 saturated carbocycles. The monoisotopic (exact) mass is 380 g/mol. The number of carbonyl (C=O) groups is 1. The fraction of sp³-hybridized carbons (Fsp3) is 0.526. The van der Waals surface area contributed by atoms with Gasteiger partial charge in [-0.05, 0) is 56.2 Å². The molecule has 7 heteroatoms. The lowest BCUT2D eigenvalue weighted by Crippen LogP contribution is -2.26. The van der Waals surface area contributed by atoms with E-state index in [1.807, 2.05) is 13.8 Å². The van der Waals surface area contributed by atoms with Crippen molar-refractivity contribution in [3.05, 3.63) is 35.4 Å². The van der Waals surface area contributed by atoms with Crippen LogP contribution in [0.2, 0.25) is 0 Å². The standard InChI is InChI=1S/C19H28N2O4S/c1-14(2)13-20-17-9-8-16(19(22)23)12-18(17)26(24,25)21-11-10-15-6-4-3-5-7-15/h6,8-9,12,14,20-21H,3-5,7,10-11,13H2,1-2H3,(H,22,23). The maximum atomic E-state index is 12.8. The Hall–Kier alpha value is -1.86. The average molecular weight is 381 g/mol. The Morgan fingerprint density at radius 3 is 2.65 bits per heavy atom. The fourth-order valence-electron chi connectivity index (χ4n) is 2.89. The van der Waals surface area contributed by atoms with Gasteiger partial charge in [0, 0.05) is 13.1 Å². The number of allylic oxidation sites excluding steroid dienone is 1. The maximum absolute atomic E-state index is 12.8. The second-order valence-corrected chi connectivity index (χ2v) is 8.78. The number of carboxylic acids is 1. The van der Waals surface area contributed by atoms with E-state index in [4.69, 9.17) is 0 Å². The lowest BCUT2D eigenvalue weighted by molar-refractivity contribution is 0.0696. The fourth-order valence-corrected chi connectivity index (χ4v) is 4.13. The van der Waals surface area contributed by atoms with Gasteiger partial charge >= 0.3 is 5.97 Å². The number of benzene rings is 1. The van der Waals surface area contributed by atoms with E-state index in [1.54, 1.807) is 0 Å². The molecule has 0 heterocycles. The molecule has 1 aliphatic rings. The van der Waals surface area contributed by atoms with Crippen molar-refractivity contribution < 1.29 is 18.3 Å². The van der Waals surface area contributed by atoms with E-state index >= 15 is 0 Å². The van der Waals surface area contributed by atoms with Gasteiger partial charge < -0.3 is 10.4 Å².